The minimum absolute atomic E-state index is 0.00288. The molecule has 1 amide bonds. The summed E-state index contributed by atoms with van der Waals surface area (Å²) in [6.07, 6.45) is 5.42. The zero-order valence-corrected chi connectivity index (χ0v) is 15.0. The number of hydrogen-bond donors (Lipinski definition) is 3. The highest BCUT2D eigenvalue weighted by molar-refractivity contribution is 5.83. The number of carbonyl (C=O) groups is 1. The summed E-state index contributed by atoms with van der Waals surface area (Å²) in [6.45, 7) is 0.768. The molecular weight excluding hydrogens is 342 g/mol. The van der Waals surface area contributed by atoms with Crippen molar-refractivity contribution in [1.29, 1.82) is 0 Å². The number of benzene rings is 1. The Hall–Kier alpha value is -2.64. The van der Waals surface area contributed by atoms with Gasteiger partial charge < -0.3 is 14.3 Å². The second kappa shape index (κ2) is 6.83. The molecule has 5 rings (SSSR count). The van der Waals surface area contributed by atoms with Crippen molar-refractivity contribution in [2.75, 3.05) is 6.54 Å². The van der Waals surface area contributed by atoms with Crippen molar-refractivity contribution in [3.8, 4) is 0 Å². The lowest BCUT2D eigenvalue weighted by molar-refractivity contribution is -0.137. The fraction of sp³-hybridized carbons (Fsp3) is 0.400. The minimum atomic E-state index is -0.259. The molecule has 0 radical (unpaired) electrons. The lowest BCUT2D eigenvalue weighted by Crippen LogP contribution is -2.48. The number of para-hydroxylation sites is 2. The molecule has 7 heteroatoms. The summed E-state index contributed by atoms with van der Waals surface area (Å²) in [5.41, 5.74) is 8.32. The van der Waals surface area contributed by atoms with E-state index in [9.17, 15) is 4.79 Å². The molecule has 27 heavy (non-hydrogen) atoms. The van der Waals surface area contributed by atoms with Gasteiger partial charge in [-0.05, 0) is 49.9 Å². The molecule has 3 atom stereocenters. The Labute approximate surface area is 157 Å². The van der Waals surface area contributed by atoms with Crippen LogP contribution in [0.15, 0.2) is 47.1 Å². The van der Waals surface area contributed by atoms with Crippen molar-refractivity contribution >= 4 is 16.9 Å². The average Bonchev–Trinajstić information content (AvgIpc) is 3.47. The van der Waals surface area contributed by atoms with Crippen molar-refractivity contribution in [3.05, 3.63) is 54.2 Å². The number of imidazole rings is 1. The number of likely N-dealkylation sites (tertiary alicyclic amines) is 1. The van der Waals surface area contributed by atoms with Gasteiger partial charge in [0.1, 0.15) is 17.6 Å². The molecular formula is C20H23N5O2. The number of piperidine rings is 1. The molecule has 2 saturated heterocycles. The zero-order chi connectivity index (χ0) is 18.2. The van der Waals surface area contributed by atoms with Crippen LogP contribution in [0.1, 0.15) is 49.4 Å². The van der Waals surface area contributed by atoms with Crippen LogP contribution in [0.4, 0.5) is 0 Å². The van der Waals surface area contributed by atoms with Gasteiger partial charge in [0.05, 0.1) is 29.4 Å². The molecule has 1 aromatic carbocycles. The zero-order valence-electron chi connectivity index (χ0n) is 15.0. The van der Waals surface area contributed by atoms with Crippen molar-refractivity contribution < 1.29 is 9.21 Å². The third kappa shape index (κ3) is 3.02. The Morgan fingerprint density at radius 2 is 2.07 bits per heavy atom. The monoisotopic (exact) mass is 365 g/mol. The highest BCUT2D eigenvalue weighted by Crippen LogP contribution is 2.32. The molecule has 7 nitrogen and oxygen atoms in total. The van der Waals surface area contributed by atoms with Crippen LogP contribution in [-0.2, 0) is 4.79 Å². The number of fused-ring (bicyclic) bond motifs is 1. The Bertz CT molecular complexity index is 902. The summed E-state index contributed by atoms with van der Waals surface area (Å²) >= 11 is 0. The number of nitrogens with zero attached hydrogens (tertiary/aromatic N) is 2. The average molecular weight is 365 g/mol. The number of carbonyl (C=O) groups excluding carboxylic acids is 1. The molecule has 3 unspecified atom stereocenters. The lowest BCUT2D eigenvalue weighted by Gasteiger charge is -2.36. The summed E-state index contributed by atoms with van der Waals surface area (Å²) in [4.78, 5) is 23.4. The van der Waals surface area contributed by atoms with Crippen molar-refractivity contribution in [2.24, 2.45) is 0 Å². The van der Waals surface area contributed by atoms with E-state index in [1.54, 1.807) is 6.26 Å². The van der Waals surface area contributed by atoms with E-state index in [0.29, 0.717) is 6.42 Å². The van der Waals surface area contributed by atoms with E-state index in [2.05, 4.69) is 15.8 Å². The Morgan fingerprint density at radius 1 is 1.15 bits per heavy atom. The third-order valence-electron chi connectivity index (χ3n) is 5.60. The van der Waals surface area contributed by atoms with Crippen LogP contribution in [0.2, 0.25) is 0 Å². The van der Waals surface area contributed by atoms with E-state index in [1.807, 2.05) is 41.3 Å². The first-order valence-corrected chi connectivity index (χ1v) is 9.59. The van der Waals surface area contributed by atoms with Gasteiger partial charge in [0.25, 0.3) is 0 Å². The normalized spacial score (nSPS) is 25.9. The lowest BCUT2D eigenvalue weighted by atomic mass is 9.99. The number of furan rings is 1. The van der Waals surface area contributed by atoms with Crippen molar-refractivity contribution in [2.45, 2.75) is 43.8 Å². The summed E-state index contributed by atoms with van der Waals surface area (Å²) in [7, 11) is 0. The van der Waals surface area contributed by atoms with Crippen LogP contribution in [0.5, 0.6) is 0 Å². The van der Waals surface area contributed by atoms with Gasteiger partial charge >= 0.3 is 0 Å². The molecule has 2 aromatic heterocycles. The molecule has 0 bridgehead atoms. The van der Waals surface area contributed by atoms with Crippen LogP contribution in [0.25, 0.3) is 11.0 Å². The molecule has 3 N–H and O–H groups in total. The number of aromatic nitrogens is 2. The fourth-order valence-corrected chi connectivity index (χ4v) is 4.20. The summed E-state index contributed by atoms with van der Waals surface area (Å²) in [5.74, 6) is 1.87. The third-order valence-corrected chi connectivity index (χ3v) is 5.60. The van der Waals surface area contributed by atoms with E-state index >= 15 is 0 Å². The maximum absolute atomic E-state index is 13.3. The van der Waals surface area contributed by atoms with Crippen molar-refractivity contribution in [3.63, 3.8) is 0 Å². The maximum atomic E-state index is 13.3. The van der Waals surface area contributed by atoms with Gasteiger partial charge in [-0.25, -0.2) is 15.8 Å². The highest BCUT2D eigenvalue weighted by atomic mass is 16.3. The smallest absolute Gasteiger partial charge is 0.241 e. The molecule has 2 aliphatic heterocycles. The fourth-order valence-electron chi connectivity index (χ4n) is 4.20. The topological polar surface area (TPSA) is 86.2 Å². The molecule has 4 heterocycles. The first-order chi connectivity index (χ1) is 13.3. The molecule has 2 fully saturated rings. The predicted octanol–water partition coefficient (Wildman–Crippen LogP) is 2.82. The predicted molar refractivity (Wildman–Crippen MR) is 101 cm³/mol. The van der Waals surface area contributed by atoms with Gasteiger partial charge in [-0.15, -0.1) is 0 Å². The number of hydrazine groups is 1. The number of nitrogens with one attached hydrogen (secondary N) is 3. The second-order valence-electron chi connectivity index (χ2n) is 7.33. The second-order valence-corrected chi connectivity index (χ2v) is 7.33. The summed E-state index contributed by atoms with van der Waals surface area (Å²) in [6, 6.07) is 11.6. The van der Waals surface area contributed by atoms with E-state index in [4.69, 9.17) is 9.40 Å². The van der Waals surface area contributed by atoms with Gasteiger partial charge in [-0.2, -0.15) is 0 Å². The minimum Gasteiger partial charge on any atom is -0.468 e. The Morgan fingerprint density at radius 3 is 2.93 bits per heavy atom. The largest absolute Gasteiger partial charge is 0.468 e. The molecule has 140 valence electrons. The number of hydrogen-bond acceptors (Lipinski definition) is 5. The molecule has 0 aliphatic carbocycles. The maximum Gasteiger partial charge on any atom is 0.241 e. The first-order valence-electron chi connectivity index (χ1n) is 9.59. The van der Waals surface area contributed by atoms with Crippen LogP contribution in [0, 0.1) is 0 Å². The van der Waals surface area contributed by atoms with Gasteiger partial charge in [0, 0.05) is 6.54 Å². The first kappa shape index (κ1) is 16.5. The van der Waals surface area contributed by atoms with Gasteiger partial charge in [-0.3, -0.25) is 4.79 Å². The van der Waals surface area contributed by atoms with Crippen LogP contribution in [-0.4, -0.2) is 33.4 Å². The SMILES string of the molecule is O=C(C1CC(c2ccco2)NN1)N1CCCCC1c1nc2ccccc2[nH]1. The van der Waals surface area contributed by atoms with E-state index in [-0.39, 0.29) is 24.0 Å². The summed E-state index contributed by atoms with van der Waals surface area (Å²) < 4.78 is 5.47. The van der Waals surface area contributed by atoms with Crippen molar-refractivity contribution in [1.82, 2.24) is 25.7 Å². The Kier molecular flexibility index (Phi) is 4.18. The molecule has 3 aromatic rings. The Balaban J connectivity index is 1.36. The number of amides is 1. The van der Waals surface area contributed by atoms with Gasteiger partial charge in [-0.1, -0.05) is 12.1 Å². The highest BCUT2D eigenvalue weighted by Gasteiger charge is 2.38. The van der Waals surface area contributed by atoms with Crippen LogP contribution < -0.4 is 10.9 Å². The number of aromatic amines is 1. The quantitative estimate of drug-likeness (QED) is 0.664. The molecule has 2 aliphatic rings. The number of H-pyrrole nitrogens is 1. The van der Waals surface area contributed by atoms with E-state index in [0.717, 1.165) is 48.4 Å². The molecule has 0 saturated carbocycles. The summed E-state index contributed by atoms with van der Waals surface area (Å²) in [5, 5.41) is 0. The molecule has 0 spiro atoms. The van der Waals surface area contributed by atoms with Gasteiger partial charge in [0.2, 0.25) is 5.91 Å². The number of rotatable bonds is 3. The van der Waals surface area contributed by atoms with Gasteiger partial charge in [0.15, 0.2) is 0 Å². The standard InChI is InChI=1S/C20H23N5O2/c26-20(16-12-15(23-24-16)18-9-5-11-27-18)25-10-4-3-8-17(25)19-21-13-6-1-2-7-14(13)22-19/h1-2,5-7,9,11,15-17,23-24H,3-4,8,10,12H2,(H,21,22). The van der Waals surface area contributed by atoms with Crippen LogP contribution in [0.3, 0.4) is 0 Å². The van der Waals surface area contributed by atoms with Crippen LogP contribution >= 0.6 is 0 Å². The van der Waals surface area contributed by atoms with E-state index in [1.165, 1.54) is 0 Å². The van der Waals surface area contributed by atoms with E-state index < -0.39 is 0 Å².